The molecule has 5 fully saturated rings. The smallest absolute Gasteiger partial charge is 0.241 e. The van der Waals surface area contributed by atoms with Crippen molar-refractivity contribution in [2.45, 2.75) is 244 Å². The summed E-state index contributed by atoms with van der Waals surface area (Å²) in [5, 5.41) is 49.5. The summed E-state index contributed by atoms with van der Waals surface area (Å²) in [5.41, 5.74) is 14.8. The number of rotatable bonds is 22. The van der Waals surface area contributed by atoms with Crippen molar-refractivity contribution >= 4 is 34.4 Å². The minimum absolute atomic E-state index is 0.0976. The third kappa shape index (κ3) is 18.1. The van der Waals surface area contributed by atoms with Gasteiger partial charge in [-0.3, -0.25) is 9.67 Å². The van der Waals surface area contributed by atoms with Crippen LogP contribution in [0.5, 0.6) is 5.88 Å². The van der Waals surface area contributed by atoms with E-state index in [1.165, 1.54) is 105 Å². The van der Waals surface area contributed by atoms with Gasteiger partial charge in [-0.25, -0.2) is 33.5 Å². The number of hydrogen-bond donors (Lipinski definition) is 5. The normalized spacial score (nSPS) is 21.1. The molecule has 99 heavy (non-hydrogen) atoms. The van der Waals surface area contributed by atoms with E-state index in [4.69, 9.17) is 39.3 Å². The summed E-state index contributed by atoms with van der Waals surface area (Å²) in [6, 6.07) is 15.5. The molecule has 14 rings (SSSR count). The second-order valence-electron chi connectivity index (χ2n) is 29.9. The van der Waals surface area contributed by atoms with Crippen molar-refractivity contribution in [1.82, 2.24) is 63.5 Å². The lowest BCUT2D eigenvalue weighted by molar-refractivity contribution is 0.121. The van der Waals surface area contributed by atoms with Crippen LogP contribution in [-0.4, -0.2) is 151 Å². The molecule has 0 spiro atoms. The Morgan fingerprint density at radius 2 is 0.919 bits per heavy atom. The summed E-state index contributed by atoms with van der Waals surface area (Å²) in [5.74, 6) is 4.48. The molecule has 0 aromatic carbocycles. The van der Waals surface area contributed by atoms with Crippen LogP contribution in [0, 0.1) is 18.3 Å². The molecule has 9 heterocycles. The van der Waals surface area contributed by atoms with E-state index in [1.807, 2.05) is 67.7 Å². The number of methoxy groups -OCH3 is 3. The molecule has 5 N–H and O–H groups in total. The van der Waals surface area contributed by atoms with Crippen molar-refractivity contribution < 1.29 is 29.2 Å². The highest BCUT2D eigenvalue weighted by Crippen LogP contribution is 2.45. The van der Waals surface area contributed by atoms with Gasteiger partial charge in [-0.15, -0.1) is 15.3 Å². The van der Waals surface area contributed by atoms with Gasteiger partial charge in [0.1, 0.15) is 6.10 Å². The van der Waals surface area contributed by atoms with Gasteiger partial charge >= 0.3 is 0 Å². The zero-order valence-electron chi connectivity index (χ0n) is 60.1. The van der Waals surface area contributed by atoms with Crippen LogP contribution in [-0.2, 0) is 20.8 Å². The Bertz CT molecular complexity index is 4030. The van der Waals surface area contributed by atoms with Crippen molar-refractivity contribution in [2.24, 2.45) is 11.3 Å². The third-order valence-electron chi connectivity index (χ3n) is 21.2. The molecule has 22 nitrogen and oxygen atoms in total. The van der Waals surface area contributed by atoms with E-state index in [-0.39, 0.29) is 36.4 Å². The molecule has 0 aliphatic heterocycles. The quantitative estimate of drug-likeness (QED) is 0.0423. The predicted octanol–water partition coefficient (Wildman–Crippen LogP) is 14.8. The van der Waals surface area contributed by atoms with Crippen LogP contribution >= 0.6 is 0 Å². The van der Waals surface area contributed by atoms with Crippen molar-refractivity contribution in [2.75, 3.05) is 57.1 Å². The number of aromatic nitrogens is 13. The zero-order chi connectivity index (χ0) is 69.0. The average Bonchev–Trinajstić information content (AvgIpc) is 1.64. The molecule has 0 amide bonds. The summed E-state index contributed by atoms with van der Waals surface area (Å²) in [7, 11) is 5.10. The molecule has 5 aliphatic carbocycles. The first kappa shape index (κ1) is 71.2. The molecule has 0 saturated heterocycles. The van der Waals surface area contributed by atoms with E-state index in [0.29, 0.717) is 66.7 Å². The van der Waals surface area contributed by atoms with Crippen LogP contribution < -0.4 is 20.7 Å². The van der Waals surface area contributed by atoms with E-state index in [9.17, 15) is 10.2 Å². The first-order valence-electron chi connectivity index (χ1n) is 36.9. The number of aliphatic hydroxyl groups excluding tert-OH is 2. The minimum Gasteiger partial charge on any atom is -0.474 e. The SMILES string of the molecule is COC[C@H](C)Nc1ncc2c(-c3ccnc(C)c3)cc(C3CCC(C)(C)CC3)n2n1.COC[C@H](C)Nc1ncc2c(-c3ccnc(OC4CCCCC4)c3)cc(C3CCC(O)CC3)n2n1.COC[C@H](C)Nc1ncc2c(-c3cnn(CC4CCCCC4)c3)cc(C3CCC(O)CC3)n2n1. The Morgan fingerprint density at radius 3 is 1.37 bits per heavy atom. The lowest BCUT2D eigenvalue weighted by Gasteiger charge is -2.34. The number of ether oxygens (including phenoxy) is 4. The summed E-state index contributed by atoms with van der Waals surface area (Å²) in [6.07, 6.45) is 38.2. The van der Waals surface area contributed by atoms with Gasteiger partial charge in [0.15, 0.2) is 0 Å². The van der Waals surface area contributed by atoms with Crippen LogP contribution in [0.3, 0.4) is 0 Å². The number of anilines is 3. The lowest BCUT2D eigenvalue weighted by Crippen LogP contribution is -2.23. The van der Waals surface area contributed by atoms with E-state index in [2.05, 4.69) is 119 Å². The zero-order valence-corrected chi connectivity index (χ0v) is 60.1. The van der Waals surface area contributed by atoms with Crippen LogP contribution in [0.4, 0.5) is 17.8 Å². The average molecular weight is 1350 g/mol. The fourth-order valence-corrected chi connectivity index (χ4v) is 15.7. The molecule has 9 aromatic rings. The van der Waals surface area contributed by atoms with E-state index in [1.54, 1.807) is 21.3 Å². The van der Waals surface area contributed by atoms with Gasteiger partial charge in [0.2, 0.25) is 23.7 Å². The number of aryl methyl sites for hydroxylation is 1. The highest BCUT2D eigenvalue weighted by atomic mass is 16.5. The third-order valence-corrected chi connectivity index (χ3v) is 21.2. The lowest BCUT2D eigenvalue weighted by atomic mass is 9.72. The van der Waals surface area contributed by atoms with Gasteiger partial charge in [-0.05, 0) is 202 Å². The van der Waals surface area contributed by atoms with Gasteiger partial charge in [0.25, 0.3) is 0 Å². The maximum Gasteiger partial charge on any atom is 0.241 e. The van der Waals surface area contributed by atoms with Gasteiger partial charge in [0, 0.05) is 133 Å². The number of nitrogens with one attached hydrogen (secondary N) is 3. The summed E-state index contributed by atoms with van der Waals surface area (Å²) in [6.45, 7) is 15.7. The van der Waals surface area contributed by atoms with Gasteiger partial charge in [0.05, 0.1) is 73.4 Å². The number of aliphatic hydroxyl groups is 2. The molecule has 3 atom stereocenters. The Labute approximate surface area is 584 Å². The monoisotopic (exact) mass is 1350 g/mol. The second-order valence-corrected chi connectivity index (χ2v) is 29.9. The van der Waals surface area contributed by atoms with Crippen molar-refractivity contribution in [3.63, 3.8) is 0 Å². The number of nitrogens with zero attached hydrogens (tertiary/aromatic N) is 13. The molecule has 5 aliphatic rings. The number of fused-ring (bicyclic) bond motifs is 3. The Balaban J connectivity index is 0.000000141. The second kappa shape index (κ2) is 33.2. The van der Waals surface area contributed by atoms with Crippen LogP contribution in [0.15, 0.2) is 85.8 Å². The first-order chi connectivity index (χ1) is 48.1. The highest BCUT2D eigenvalue weighted by molar-refractivity contribution is 5.83. The van der Waals surface area contributed by atoms with Gasteiger partial charge in [-0.2, -0.15) is 5.10 Å². The predicted molar refractivity (Wildman–Crippen MR) is 390 cm³/mol. The fourth-order valence-electron chi connectivity index (χ4n) is 15.7. The fraction of sp³-hybridized carbons (Fsp3) is 0.597. The molecule has 5 saturated carbocycles. The minimum atomic E-state index is -0.196. The molecule has 532 valence electrons. The van der Waals surface area contributed by atoms with E-state index in [0.717, 1.165) is 121 Å². The van der Waals surface area contributed by atoms with Gasteiger partial charge < -0.3 is 45.1 Å². The molecule has 9 aromatic heterocycles. The Hall–Kier alpha value is -7.63. The standard InChI is InChI=1S/C27H37N5O3.C26H38N6O2.C24H33N5O/c1-18(17-34-2)30-27-29-16-25-23(15-24(32(25)31-27)19-8-10-21(33)11-9-19)20-12-13-28-26(14-20)35-22-6-4-3-5-7-22;1-18(17-34-2)29-26-27-14-25-23(12-24(32(25)30-26)20-8-10-22(33)11-9-20)21-13-28-31(16-21)15-19-6-4-3-5-7-19;1-16-12-19(8-11-25-16)20-13-21(18-6-9-24(3,4)10-7-18)29-22(20)14-26-23(28-29)27-17(2)15-30-5/h12-16,18-19,21-22,33H,3-11,17H2,1-2H3,(H,30,31);12-14,16,18-20,22,33H,3-11,15,17H2,1-2H3,(H,29,30);8,11-14,17-18H,6-7,9-10,15H2,1-5H3,(H,27,28)/t18-,19?,21?;18-,20?,22?;17-/m000/s1. The van der Waals surface area contributed by atoms with Crippen molar-refractivity contribution in [3.05, 3.63) is 109 Å². The molecule has 0 radical (unpaired) electrons. The summed E-state index contributed by atoms with van der Waals surface area (Å²) >= 11 is 0. The number of hydrogen-bond acceptors (Lipinski definition) is 18. The van der Waals surface area contributed by atoms with Crippen molar-refractivity contribution in [1.29, 1.82) is 0 Å². The molecule has 0 bridgehead atoms. The van der Waals surface area contributed by atoms with Crippen LogP contribution in [0.2, 0.25) is 0 Å². The maximum absolute atomic E-state index is 10.1. The van der Waals surface area contributed by atoms with E-state index < -0.39 is 0 Å². The summed E-state index contributed by atoms with van der Waals surface area (Å²) in [4.78, 5) is 22.7. The largest absolute Gasteiger partial charge is 0.474 e. The topological polar surface area (TPSA) is 248 Å². The molecule has 0 unspecified atom stereocenters. The Kier molecular flexibility index (Phi) is 23.9. The maximum atomic E-state index is 10.1. The van der Waals surface area contributed by atoms with Gasteiger partial charge in [-0.1, -0.05) is 39.5 Å². The highest BCUT2D eigenvalue weighted by Gasteiger charge is 2.32. The van der Waals surface area contributed by atoms with Crippen molar-refractivity contribution in [3.8, 4) is 39.3 Å². The Morgan fingerprint density at radius 1 is 0.495 bits per heavy atom. The van der Waals surface area contributed by atoms with Crippen LogP contribution in [0.25, 0.3) is 49.9 Å². The van der Waals surface area contributed by atoms with E-state index >= 15 is 0 Å². The van der Waals surface area contributed by atoms with Crippen LogP contribution in [0.1, 0.15) is 216 Å². The number of pyridine rings is 2. The summed E-state index contributed by atoms with van der Waals surface area (Å²) < 4.78 is 30.3. The molecular weight excluding hydrogens is 1240 g/mol. The molecular formula is C77H108N16O6. The molecule has 22 heteroatoms. The first-order valence-corrected chi connectivity index (χ1v) is 36.9.